The van der Waals surface area contributed by atoms with Crippen molar-refractivity contribution in [2.24, 2.45) is 0 Å². The Hall–Kier alpha value is 0.480. The first-order valence-corrected chi connectivity index (χ1v) is 1.88. The molecule has 0 fully saturated rings. The molecule has 0 rings (SSSR count). The molecule has 26 valence electrons. The Kier molecular flexibility index (Phi) is 3.90. The maximum atomic E-state index is 9.03. The summed E-state index contributed by atoms with van der Waals surface area (Å²) in [5.74, 6) is 0. The molecule has 1 unspecified atom stereocenters. The average Bonchev–Trinajstić information content (AvgIpc) is 1.37. The standard InChI is InChI=1S/ClH2O2P/c1-3-4-2/h4H2. The van der Waals surface area contributed by atoms with E-state index in [4.69, 9.17) is 4.57 Å². The molecule has 0 bridgehead atoms. The van der Waals surface area contributed by atoms with Gasteiger partial charge in [0.05, 0.1) is 11.9 Å². The van der Waals surface area contributed by atoms with Crippen molar-refractivity contribution in [3.63, 3.8) is 0 Å². The molecule has 4 heteroatoms. The third-order valence-corrected chi connectivity index (χ3v) is 0.327. The average molecular weight is 100 g/mol. The zero-order valence-corrected chi connectivity index (χ0v) is 3.68. The normalized spacial score (nSPS) is 10.2. The molecule has 0 amide bonds. The molecule has 0 saturated heterocycles. The lowest BCUT2D eigenvalue weighted by atomic mass is 15.9. The summed E-state index contributed by atoms with van der Waals surface area (Å²) in [6.07, 6.45) is 0. The fourth-order valence-corrected chi connectivity index (χ4v) is 0. The SMILES string of the molecule is O=[PH2]OCl. The third kappa shape index (κ3) is 2.48. The molecule has 2 nitrogen and oxygen atoms in total. The predicted octanol–water partition coefficient (Wildman–Crippen LogP) is 0.828. The van der Waals surface area contributed by atoms with Crippen LogP contribution in [-0.4, -0.2) is 0 Å². The van der Waals surface area contributed by atoms with Crippen LogP contribution in [0.4, 0.5) is 0 Å². The lowest BCUT2D eigenvalue weighted by Gasteiger charge is -1.57. The van der Waals surface area contributed by atoms with Crippen LogP contribution in [-0.2, 0) is 8.64 Å². The van der Waals surface area contributed by atoms with Crippen LogP contribution in [0.3, 0.4) is 0 Å². The summed E-state index contributed by atoms with van der Waals surface area (Å²) in [5.41, 5.74) is 0. The summed E-state index contributed by atoms with van der Waals surface area (Å²) >= 11 is 4.41. The van der Waals surface area contributed by atoms with Gasteiger partial charge in [-0.25, -0.2) is 4.08 Å². The number of hydrogen-bond donors (Lipinski definition) is 0. The molecule has 0 aromatic carbocycles. The Labute approximate surface area is 30.2 Å². The second-order valence-electron chi connectivity index (χ2n) is 0.185. The van der Waals surface area contributed by atoms with Crippen molar-refractivity contribution in [2.45, 2.75) is 0 Å². The number of hydrogen-bond acceptors (Lipinski definition) is 2. The second kappa shape index (κ2) is 3.48. The van der Waals surface area contributed by atoms with Crippen LogP contribution in [0.5, 0.6) is 0 Å². The van der Waals surface area contributed by atoms with Gasteiger partial charge in [0, 0.05) is 0 Å². The zero-order chi connectivity index (χ0) is 3.41. The molecule has 0 aromatic heterocycles. The fourth-order valence-electron chi connectivity index (χ4n) is 0. The van der Waals surface area contributed by atoms with Crippen molar-refractivity contribution in [3.8, 4) is 0 Å². The van der Waals surface area contributed by atoms with Crippen LogP contribution in [0, 0.1) is 0 Å². The van der Waals surface area contributed by atoms with E-state index in [0.717, 1.165) is 0 Å². The van der Waals surface area contributed by atoms with Crippen molar-refractivity contribution in [1.82, 2.24) is 0 Å². The first-order chi connectivity index (χ1) is 1.91. The molecule has 0 aliphatic rings. The summed E-state index contributed by atoms with van der Waals surface area (Å²) in [4.78, 5) is 0. The van der Waals surface area contributed by atoms with E-state index in [1.165, 1.54) is 0 Å². The summed E-state index contributed by atoms with van der Waals surface area (Å²) in [6.45, 7) is 0. The van der Waals surface area contributed by atoms with Crippen molar-refractivity contribution in [3.05, 3.63) is 0 Å². The third-order valence-electron chi connectivity index (χ3n) is 0.0364. The zero-order valence-electron chi connectivity index (χ0n) is 1.77. The minimum atomic E-state index is -1.20. The second-order valence-corrected chi connectivity index (χ2v) is 1.09. The van der Waals surface area contributed by atoms with E-state index in [9.17, 15) is 0 Å². The first-order valence-electron chi connectivity index (χ1n) is 0.626. The smallest absolute Gasteiger partial charge is 0.199 e. The highest BCUT2D eigenvalue weighted by Crippen LogP contribution is 1.94. The van der Waals surface area contributed by atoms with Crippen molar-refractivity contribution >= 4 is 20.6 Å². The topological polar surface area (TPSA) is 26.3 Å². The van der Waals surface area contributed by atoms with Gasteiger partial charge in [0.25, 0.3) is 0 Å². The lowest BCUT2D eigenvalue weighted by molar-refractivity contribution is 0.546. The van der Waals surface area contributed by atoms with Gasteiger partial charge in [0.2, 0.25) is 0 Å². The van der Waals surface area contributed by atoms with Gasteiger partial charge in [-0.15, -0.1) is 0 Å². The molecule has 0 heterocycles. The van der Waals surface area contributed by atoms with Gasteiger partial charge >= 0.3 is 0 Å². The van der Waals surface area contributed by atoms with Gasteiger partial charge in [-0.05, 0) is 0 Å². The maximum absolute atomic E-state index is 9.03. The predicted molar refractivity (Wildman–Crippen MR) is 17.3 cm³/mol. The molecule has 0 spiro atoms. The number of rotatable bonds is 1. The maximum Gasteiger partial charge on any atom is 0.199 e. The van der Waals surface area contributed by atoms with E-state index in [0.29, 0.717) is 0 Å². The molecule has 0 N–H and O–H groups in total. The Balaban J connectivity index is 2.30. The van der Waals surface area contributed by atoms with E-state index >= 15 is 0 Å². The Morgan fingerprint density at radius 3 is 2.25 bits per heavy atom. The quantitative estimate of drug-likeness (QED) is 0.456. The molecule has 0 aliphatic carbocycles. The highest BCUT2D eigenvalue weighted by atomic mass is 35.5. The molecule has 4 heavy (non-hydrogen) atoms. The Bertz CT molecular complexity index is 20.0. The molecule has 1 atom stereocenters. The lowest BCUT2D eigenvalue weighted by Crippen LogP contribution is -1.21. The summed E-state index contributed by atoms with van der Waals surface area (Å²) in [6, 6.07) is 0. The highest BCUT2D eigenvalue weighted by Gasteiger charge is 1.48. The van der Waals surface area contributed by atoms with Crippen LogP contribution >= 0.6 is 20.6 Å². The van der Waals surface area contributed by atoms with Crippen LogP contribution in [0.15, 0.2) is 0 Å². The Morgan fingerprint density at radius 1 is 2.00 bits per heavy atom. The van der Waals surface area contributed by atoms with Gasteiger partial charge in [-0.2, -0.15) is 0 Å². The molecular weight excluding hydrogens is 98.4 g/mol. The molecular formula is H2ClO2P. The number of halogens is 1. The van der Waals surface area contributed by atoms with E-state index in [1.807, 2.05) is 0 Å². The van der Waals surface area contributed by atoms with E-state index in [1.54, 1.807) is 0 Å². The van der Waals surface area contributed by atoms with Gasteiger partial charge in [0.15, 0.2) is 8.69 Å². The van der Waals surface area contributed by atoms with E-state index < -0.39 is 8.69 Å². The fraction of sp³-hybridized carbons (Fsp3) is 0. The van der Waals surface area contributed by atoms with Gasteiger partial charge in [0.1, 0.15) is 0 Å². The van der Waals surface area contributed by atoms with Crippen molar-refractivity contribution in [2.75, 3.05) is 0 Å². The van der Waals surface area contributed by atoms with Gasteiger partial charge in [-0.1, -0.05) is 0 Å². The monoisotopic (exact) mass is 99.9 g/mol. The summed E-state index contributed by atoms with van der Waals surface area (Å²) in [7, 11) is -1.20. The molecule has 0 aromatic rings. The molecule has 0 radical (unpaired) electrons. The minimum absolute atomic E-state index is 1.20. The van der Waals surface area contributed by atoms with Crippen LogP contribution < -0.4 is 0 Å². The Morgan fingerprint density at radius 2 is 2.25 bits per heavy atom. The summed E-state index contributed by atoms with van der Waals surface area (Å²) < 4.78 is 12.6. The van der Waals surface area contributed by atoms with E-state index in [2.05, 4.69) is 15.9 Å². The van der Waals surface area contributed by atoms with Crippen LogP contribution in [0.25, 0.3) is 0 Å². The summed E-state index contributed by atoms with van der Waals surface area (Å²) in [5, 5.41) is 0. The first kappa shape index (κ1) is 4.48. The minimum Gasteiger partial charge on any atom is -0.298 e. The van der Waals surface area contributed by atoms with Crippen molar-refractivity contribution in [1.29, 1.82) is 0 Å². The van der Waals surface area contributed by atoms with Crippen LogP contribution in [0.2, 0.25) is 0 Å². The highest BCUT2D eigenvalue weighted by molar-refractivity contribution is 7.18. The molecule has 0 saturated carbocycles. The van der Waals surface area contributed by atoms with Gasteiger partial charge < -0.3 is 0 Å². The molecule has 0 aliphatic heterocycles. The largest absolute Gasteiger partial charge is 0.298 e. The van der Waals surface area contributed by atoms with Gasteiger partial charge in [-0.3, -0.25) is 4.57 Å². The van der Waals surface area contributed by atoms with Crippen molar-refractivity contribution < 1.29 is 8.64 Å². The van der Waals surface area contributed by atoms with Crippen LogP contribution in [0.1, 0.15) is 0 Å². The van der Waals surface area contributed by atoms with E-state index in [-0.39, 0.29) is 0 Å².